The lowest BCUT2D eigenvalue weighted by molar-refractivity contribution is 0.0686. The van der Waals surface area contributed by atoms with Gasteiger partial charge in [-0.25, -0.2) is 4.79 Å². The molecule has 0 bridgehead atoms. The molecule has 0 saturated heterocycles. The first-order valence-corrected chi connectivity index (χ1v) is 7.00. The van der Waals surface area contributed by atoms with Crippen molar-refractivity contribution in [2.24, 2.45) is 5.73 Å². The zero-order valence-corrected chi connectivity index (χ0v) is 11.3. The molecular formula is C12H12N4O3S. The molecule has 2 aromatic rings. The van der Waals surface area contributed by atoms with E-state index >= 15 is 0 Å². The highest BCUT2D eigenvalue weighted by Crippen LogP contribution is 2.36. The summed E-state index contributed by atoms with van der Waals surface area (Å²) in [5, 5.41) is 17.0. The first kappa shape index (κ1) is 12.8. The number of nitrogens with two attached hydrogens (primary N) is 1. The van der Waals surface area contributed by atoms with E-state index in [1.807, 2.05) is 0 Å². The topological polar surface area (TPSA) is 111 Å². The summed E-state index contributed by atoms with van der Waals surface area (Å²) < 4.78 is 1.19. The number of carbonyl (C=O) groups is 2. The van der Waals surface area contributed by atoms with E-state index in [2.05, 4.69) is 10.3 Å². The number of primary amides is 1. The normalized spacial score (nSPS) is 14.0. The van der Waals surface area contributed by atoms with Gasteiger partial charge in [-0.05, 0) is 31.2 Å². The van der Waals surface area contributed by atoms with Crippen LogP contribution in [0.15, 0.2) is 6.20 Å². The number of thiophene rings is 1. The van der Waals surface area contributed by atoms with Crippen LogP contribution < -0.4 is 5.73 Å². The van der Waals surface area contributed by atoms with Crippen molar-refractivity contribution in [3.8, 4) is 5.00 Å². The van der Waals surface area contributed by atoms with Crippen molar-refractivity contribution in [2.45, 2.75) is 25.7 Å². The number of hydrogen-bond donors (Lipinski definition) is 2. The third kappa shape index (κ3) is 1.88. The van der Waals surface area contributed by atoms with Crippen molar-refractivity contribution in [3.63, 3.8) is 0 Å². The molecule has 2 heterocycles. The predicted molar refractivity (Wildman–Crippen MR) is 71.4 cm³/mol. The number of aryl methyl sites for hydroxylation is 1. The van der Waals surface area contributed by atoms with Crippen LogP contribution in [0.4, 0.5) is 0 Å². The monoisotopic (exact) mass is 292 g/mol. The molecule has 0 spiro atoms. The minimum atomic E-state index is -1.14. The Labute approximate surface area is 118 Å². The van der Waals surface area contributed by atoms with Crippen LogP contribution in [0.25, 0.3) is 5.00 Å². The molecule has 7 nitrogen and oxygen atoms in total. The minimum Gasteiger partial charge on any atom is -0.476 e. The average molecular weight is 292 g/mol. The van der Waals surface area contributed by atoms with Crippen LogP contribution in [0, 0.1) is 0 Å². The average Bonchev–Trinajstić information content (AvgIpc) is 3.02. The summed E-state index contributed by atoms with van der Waals surface area (Å²) >= 11 is 1.38. The van der Waals surface area contributed by atoms with Crippen LogP contribution in [-0.4, -0.2) is 32.0 Å². The van der Waals surface area contributed by atoms with Gasteiger partial charge in [0.2, 0.25) is 0 Å². The Bertz CT molecular complexity index is 704. The summed E-state index contributed by atoms with van der Waals surface area (Å²) in [5.74, 6) is -1.69. The molecule has 3 rings (SSSR count). The van der Waals surface area contributed by atoms with Crippen LogP contribution in [0.2, 0.25) is 0 Å². The van der Waals surface area contributed by atoms with Gasteiger partial charge in [0.1, 0.15) is 5.00 Å². The summed E-state index contributed by atoms with van der Waals surface area (Å²) in [6.07, 6.45) is 4.91. The van der Waals surface area contributed by atoms with Crippen LogP contribution in [0.5, 0.6) is 0 Å². The van der Waals surface area contributed by atoms with Crippen LogP contribution in [0.1, 0.15) is 44.1 Å². The van der Waals surface area contributed by atoms with Crippen LogP contribution >= 0.6 is 11.3 Å². The Kier molecular flexibility index (Phi) is 3.01. The van der Waals surface area contributed by atoms with Crippen molar-refractivity contribution in [2.75, 3.05) is 0 Å². The molecule has 0 aromatic carbocycles. The molecule has 20 heavy (non-hydrogen) atoms. The predicted octanol–water partition coefficient (Wildman–Crippen LogP) is 1.00. The molecule has 1 aliphatic carbocycles. The molecule has 1 amide bonds. The van der Waals surface area contributed by atoms with Crippen molar-refractivity contribution in [1.82, 2.24) is 15.0 Å². The van der Waals surface area contributed by atoms with E-state index < -0.39 is 11.9 Å². The molecule has 0 saturated carbocycles. The van der Waals surface area contributed by atoms with Crippen molar-refractivity contribution in [1.29, 1.82) is 0 Å². The number of rotatable bonds is 3. The molecule has 2 aromatic heterocycles. The lowest BCUT2D eigenvalue weighted by atomic mass is 9.95. The maximum atomic E-state index is 11.8. The van der Waals surface area contributed by atoms with Crippen LogP contribution in [-0.2, 0) is 12.8 Å². The maximum absolute atomic E-state index is 11.8. The highest BCUT2D eigenvalue weighted by molar-refractivity contribution is 7.15. The number of aromatic carboxylic acids is 1. The zero-order chi connectivity index (χ0) is 14.3. The van der Waals surface area contributed by atoms with Crippen molar-refractivity contribution in [3.05, 3.63) is 27.9 Å². The quantitative estimate of drug-likeness (QED) is 0.876. The number of amides is 1. The van der Waals surface area contributed by atoms with E-state index in [1.54, 1.807) is 0 Å². The zero-order valence-electron chi connectivity index (χ0n) is 10.5. The summed E-state index contributed by atoms with van der Waals surface area (Å²) in [7, 11) is 0. The highest BCUT2D eigenvalue weighted by Gasteiger charge is 2.27. The smallest absolute Gasteiger partial charge is 0.356 e. The first-order valence-electron chi connectivity index (χ1n) is 6.18. The molecule has 8 heteroatoms. The Morgan fingerprint density at radius 3 is 2.80 bits per heavy atom. The fraction of sp³-hybridized carbons (Fsp3) is 0.333. The Morgan fingerprint density at radius 1 is 1.35 bits per heavy atom. The molecule has 0 radical (unpaired) electrons. The molecule has 0 fully saturated rings. The molecule has 0 unspecified atom stereocenters. The number of fused-ring (bicyclic) bond motifs is 1. The van der Waals surface area contributed by atoms with Gasteiger partial charge in [-0.1, -0.05) is 5.21 Å². The van der Waals surface area contributed by atoms with E-state index in [9.17, 15) is 9.59 Å². The van der Waals surface area contributed by atoms with Gasteiger partial charge < -0.3 is 10.8 Å². The van der Waals surface area contributed by atoms with Gasteiger partial charge in [0.05, 0.1) is 11.8 Å². The van der Waals surface area contributed by atoms with Crippen molar-refractivity contribution >= 4 is 23.2 Å². The van der Waals surface area contributed by atoms with Gasteiger partial charge in [0.15, 0.2) is 5.69 Å². The van der Waals surface area contributed by atoms with E-state index in [-0.39, 0.29) is 5.69 Å². The fourth-order valence-electron chi connectivity index (χ4n) is 2.49. The molecule has 0 aliphatic heterocycles. The minimum absolute atomic E-state index is 0.0777. The van der Waals surface area contributed by atoms with Gasteiger partial charge in [0, 0.05) is 4.88 Å². The third-order valence-electron chi connectivity index (χ3n) is 3.36. The van der Waals surface area contributed by atoms with Gasteiger partial charge in [0.25, 0.3) is 5.91 Å². The lowest BCUT2D eigenvalue weighted by Gasteiger charge is -2.11. The van der Waals surface area contributed by atoms with Gasteiger partial charge in [-0.2, -0.15) is 4.68 Å². The summed E-state index contributed by atoms with van der Waals surface area (Å²) in [6, 6.07) is 0. The molecule has 1 aliphatic rings. The molecule has 104 valence electrons. The molecular weight excluding hydrogens is 280 g/mol. The lowest BCUT2D eigenvalue weighted by Crippen LogP contribution is -2.18. The summed E-state index contributed by atoms with van der Waals surface area (Å²) in [5.41, 5.74) is 6.72. The highest BCUT2D eigenvalue weighted by atomic mass is 32.1. The number of hydrogen-bond acceptors (Lipinski definition) is 5. The van der Waals surface area contributed by atoms with Gasteiger partial charge in [-0.3, -0.25) is 4.79 Å². The van der Waals surface area contributed by atoms with Gasteiger partial charge in [-0.15, -0.1) is 16.4 Å². The van der Waals surface area contributed by atoms with Crippen molar-refractivity contribution < 1.29 is 14.7 Å². The van der Waals surface area contributed by atoms with Gasteiger partial charge >= 0.3 is 5.97 Å². The number of aromatic nitrogens is 3. The first-order chi connectivity index (χ1) is 9.59. The summed E-state index contributed by atoms with van der Waals surface area (Å²) in [6.45, 7) is 0. The van der Waals surface area contributed by atoms with E-state index in [0.717, 1.165) is 42.3 Å². The maximum Gasteiger partial charge on any atom is 0.356 e. The molecule has 0 atom stereocenters. The van der Waals surface area contributed by atoms with E-state index in [4.69, 9.17) is 10.8 Å². The number of carbonyl (C=O) groups excluding carboxylic acids is 1. The second kappa shape index (κ2) is 4.71. The van der Waals surface area contributed by atoms with E-state index in [1.165, 1.54) is 16.0 Å². The largest absolute Gasteiger partial charge is 0.476 e. The number of carboxylic acid groups (broad SMARTS) is 1. The second-order valence-electron chi connectivity index (χ2n) is 4.59. The Balaban J connectivity index is 2.23. The second-order valence-corrected chi connectivity index (χ2v) is 5.68. The SMILES string of the molecule is NC(=O)c1c(-n2nncc2C(=O)O)sc2c1CCCC2. The number of nitrogens with zero attached hydrogens (tertiary/aromatic N) is 3. The Hall–Kier alpha value is -2.22. The fourth-order valence-corrected chi connectivity index (χ4v) is 3.84. The van der Waals surface area contributed by atoms with Crippen LogP contribution in [0.3, 0.4) is 0 Å². The standard InChI is InChI=1S/C12H12N4O3S/c13-10(17)9-6-3-1-2-4-8(6)20-11(9)16-7(12(18)19)5-14-15-16/h5H,1-4H2,(H2,13,17)(H,18,19). The number of carboxylic acids is 1. The molecule has 3 N–H and O–H groups in total. The third-order valence-corrected chi connectivity index (χ3v) is 4.63. The van der Waals surface area contributed by atoms with E-state index in [0.29, 0.717) is 10.6 Å². The Morgan fingerprint density at radius 2 is 2.10 bits per heavy atom. The summed E-state index contributed by atoms with van der Waals surface area (Å²) in [4.78, 5) is 24.0.